The van der Waals surface area contributed by atoms with Gasteiger partial charge in [-0.25, -0.2) is 9.97 Å². The first-order valence-corrected chi connectivity index (χ1v) is 10.2. The Bertz CT molecular complexity index is 890. The average molecular weight is 442 g/mol. The van der Waals surface area contributed by atoms with Gasteiger partial charge in [0.25, 0.3) is 0 Å². The molecule has 0 bridgehead atoms. The molecule has 0 fully saturated rings. The second kappa shape index (κ2) is 9.72. The fourth-order valence-corrected chi connectivity index (χ4v) is 2.56. The van der Waals surface area contributed by atoms with E-state index in [9.17, 15) is 4.79 Å². The number of carbonyl (C=O) groups excluding carboxylic acids is 1. The number of nitrogens with zero attached hydrogens (tertiary/aromatic N) is 5. The summed E-state index contributed by atoms with van der Waals surface area (Å²) >= 11 is 1.83. The third kappa shape index (κ3) is 5.40. The van der Waals surface area contributed by atoms with E-state index in [-0.39, 0.29) is 11.7 Å². The minimum absolute atomic E-state index is 0.169. The molecule has 0 unspecified atom stereocenters. The van der Waals surface area contributed by atoms with Gasteiger partial charge in [-0.15, -0.1) is 0 Å². The predicted molar refractivity (Wildman–Crippen MR) is 96.0 cm³/mol. The van der Waals surface area contributed by atoms with Gasteiger partial charge in [-0.3, -0.25) is 9.78 Å². The summed E-state index contributed by atoms with van der Waals surface area (Å²) in [4.78, 5) is 28.5. The number of hydrogen-bond donors (Lipinski definition) is 1. The monoisotopic (exact) mass is 440 g/mol. The molecule has 134 valence electrons. The molecule has 0 saturated carbocycles. The number of pyridine rings is 1. The Morgan fingerprint density at radius 2 is 2.08 bits per heavy atom. The van der Waals surface area contributed by atoms with E-state index in [1.54, 1.807) is 40.7 Å². The van der Waals surface area contributed by atoms with Crippen LogP contribution in [0.2, 0.25) is 0 Å². The van der Waals surface area contributed by atoms with Gasteiger partial charge in [-0.2, -0.15) is 4.98 Å². The van der Waals surface area contributed by atoms with Crippen molar-refractivity contribution in [1.29, 1.82) is 0 Å². The van der Waals surface area contributed by atoms with Crippen molar-refractivity contribution in [3.63, 3.8) is 0 Å². The fourth-order valence-electron chi connectivity index (χ4n) is 1.83. The zero-order valence-corrected chi connectivity index (χ0v) is 16.1. The number of anilines is 1. The summed E-state index contributed by atoms with van der Waals surface area (Å²) in [6.07, 6.45) is 4.67. The van der Waals surface area contributed by atoms with Crippen molar-refractivity contribution in [2.24, 2.45) is 7.05 Å². The van der Waals surface area contributed by atoms with Gasteiger partial charge in [0, 0.05) is 13.2 Å². The predicted octanol–water partition coefficient (Wildman–Crippen LogP) is 3.21. The molecule has 0 spiro atoms. The summed E-state index contributed by atoms with van der Waals surface area (Å²) < 4.78 is 1.76. The van der Waals surface area contributed by atoms with Gasteiger partial charge in [0.2, 0.25) is 11.7 Å². The van der Waals surface area contributed by atoms with Crippen molar-refractivity contribution < 1.29 is 17.4 Å². The molecule has 0 aliphatic heterocycles. The van der Waals surface area contributed by atoms with Gasteiger partial charge in [-0.1, -0.05) is 17.8 Å². The van der Waals surface area contributed by atoms with Crippen LogP contribution < -0.4 is 5.73 Å². The van der Waals surface area contributed by atoms with Crippen LogP contribution in [0.4, 0.5) is 5.95 Å². The van der Waals surface area contributed by atoms with Crippen LogP contribution in [0.25, 0.3) is 11.2 Å². The van der Waals surface area contributed by atoms with Crippen molar-refractivity contribution in [2.45, 2.75) is 5.03 Å². The van der Waals surface area contributed by atoms with Crippen LogP contribution in [0.1, 0.15) is 10.5 Å². The number of hydrogen-bond acceptors (Lipinski definition) is 7. The normalized spacial score (nSPS) is 10.8. The molecule has 3 rings (SSSR count). The van der Waals surface area contributed by atoms with Crippen LogP contribution in [0, 0.1) is 0 Å². The van der Waals surface area contributed by atoms with Crippen LogP contribution in [0.3, 0.4) is 0 Å². The van der Waals surface area contributed by atoms with E-state index in [0.29, 0.717) is 34.5 Å². The zero-order valence-electron chi connectivity index (χ0n) is 12.7. The van der Waals surface area contributed by atoms with Crippen LogP contribution in [0.15, 0.2) is 47.2 Å². The van der Waals surface area contributed by atoms with E-state index in [1.165, 1.54) is 17.8 Å². The Hall–Kier alpha value is -1.67. The maximum absolute atomic E-state index is 11.9. The van der Waals surface area contributed by atoms with Gasteiger partial charge >= 0.3 is 33.0 Å². The molecule has 25 heavy (non-hydrogen) atoms. The second-order valence-corrected chi connectivity index (χ2v) is 6.99. The summed E-state index contributed by atoms with van der Waals surface area (Å²) in [5.41, 5.74) is 7.39. The molecule has 0 aliphatic carbocycles. The zero-order chi connectivity index (χ0) is 18.2. The average Bonchev–Trinajstić information content (AvgIpc) is 2.97. The van der Waals surface area contributed by atoms with Crippen molar-refractivity contribution in [3.8, 4) is 0 Å². The Balaban J connectivity index is 0.000000701. The number of aromatic nitrogens is 5. The van der Waals surface area contributed by atoms with Gasteiger partial charge in [0.15, 0.2) is 5.65 Å². The Kier molecular flexibility index (Phi) is 7.64. The van der Waals surface area contributed by atoms with Crippen molar-refractivity contribution in [3.05, 3.63) is 47.9 Å². The molecule has 0 amide bonds. The van der Waals surface area contributed by atoms with Gasteiger partial charge < -0.3 is 10.3 Å². The number of rotatable bonds is 4. The SMILES string of the molecule is Cn1cnc2c(S/C=C/C(=O)c3ccccn3)nc(N)nc21.[Cl][Ni][Cl]. The van der Waals surface area contributed by atoms with Crippen LogP contribution >= 0.6 is 32.2 Å². The van der Waals surface area contributed by atoms with Gasteiger partial charge in [0.1, 0.15) is 16.2 Å². The number of halogens is 2. The summed E-state index contributed by atoms with van der Waals surface area (Å²) in [5.74, 6) is -0.00422. The Morgan fingerprint density at radius 1 is 1.32 bits per heavy atom. The molecule has 0 aromatic carbocycles. The number of imidazole rings is 1. The molecule has 3 heterocycles. The Morgan fingerprint density at radius 3 is 2.76 bits per heavy atom. The number of allylic oxidation sites excluding steroid dienone is 1. The number of thioether (sulfide) groups is 1. The van der Waals surface area contributed by atoms with Gasteiger partial charge in [0.05, 0.1) is 6.33 Å². The van der Waals surface area contributed by atoms with E-state index in [4.69, 9.17) is 26.1 Å². The minimum atomic E-state index is -0.174. The van der Waals surface area contributed by atoms with Gasteiger partial charge in [-0.05, 0) is 23.6 Å². The number of aryl methyl sites for hydroxylation is 1. The molecule has 3 aromatic rings. The molecular weight excluding hydrogens is 430 g/mol. The third-order valence-corrected chi connectivity index (χ3v) is 3.64. The molecule has 7 nitrogen and oxygen atoms in total. The molecule has 2 N–H and O–H groups in total. The second-order valence-electron chi connectivity index (χ2n) is 4.46. The van der Waals surface area contributed by atoms with Crippen LogP contribution in [-0.2, 0) is 19.7 Å². The summed E-state index contributed by atoms with van der Waals surface area (Å²) in [7, 11) is 11.2. The topological polar surface area (TPSA) is 99.6 Å². The van der Waals surface area contributed by atoms with Crippen molar-refractivity contribution in [2.75, 3.05) is 5.73 Å². The first kappa shape index (κ1) is 19.7. The fraction of sp³-hybridized carbons (Fsp3) is 0.0714. The Labute approximate surface area is 162 Å². The molecular formula is C14H12Cl2N6NiOS. The van der Waals surface area contributed by atoms with Crippen LogP contribution in [0.5, 0.6) is 0 Å². The van der Waals surface area contributed by atoms with E-state index in [0.717, 1.165) is 0 Å². The van der Waals surface area contributed by atoms with E-state index in [2.05, 4.69) is 19.9 Å². The summed E-state index contributed by atoms with van der Waals surface area (Å²) in [6, 6.07) is 5.19. The van der Waals surface area contributed by atoms with Crippen LogP contribution in [-0.4, -0.2) is 30.3 Å². The molecule has 11 heteroatoms. The molecule has 0 saturated heterocycles. The molecule has 0 aliphatic rings. The number of fused-ring (bicyclic) bond motifs is 1. The van der Waals surface area contributed by atoms with Crippen molar-refractivity contribution >= 4 is 55.0 Å². The van der Waals surface area contributed by atoms with E-state index in [1.807, 2.05) is 7.05 Å². The maximum atomic E-state index is 11.9. The summed E-state index contributed by atoms with van der Waals surface area (Å²) in [6.45, 7) is 0. The summed E-state index contributed by atoms with van der Waals surface area (Å²) in [5, 5.41) is 2.25. The molecule has 0 radical (unpaired) electrons. The number of nitrogens with two attached hydrogens (primary N) is 1. The standard InChI is InChI=1S/C14H12N6OS.2ClH.Ni/c1-20-8-17-11-12(20)18-14(15)19-13(11)22-7-5-10(21)9-4-2-3-6-16-9;;;/h2-8H,1H3,(H2,15,18,19);2*1H;/q;;;+2/p-2/b7-5+;;;. The first-order valence-electron chi connectivity index (χ1n) is 6.62. The molecule has 0 atom stereocenters. The number of carbonyl (C=O) groups is 1. The van der Waals surface area contributed by atoms with E-state index < -0.39 is 0 Å². The van der Waals surface area contributed by atoms with Crippen molar-refractivity contribution in [1.82, 2.24) is 24.5 Å². The number of ketones is 1. The third-order valence-electron chi connectivity index (χ3n) is 2.86. The quantitative estimate of drug-likeness (QED) is 0.218. The first-order chi connectivity index (χ1) is 12.1. The molecule has 3 aromatic heterocycles. The van der Waals surface area contributed by atoms with E-state index >= 15 is 0 Å². The number of nitrogen functional groups attached to an aromatic ring is 1.